The Labute approximate surface area is 82.4 Å². The average Bonchev–Trinajstić information content (AvgIpc) is 2.13. The van der Waals surface area contributed by atoms with Gasteiger partial charge in [0.15, 0.2) is 0 Å². The lowest BCUT2D eigenvalue weighted by atomic mass is 10.1. The Morgan fingerprint density at radius 3 is 2.29 bits per heavy atom. The molecule has 0 fully saturated rings. The lowest BCUT2D eigenvalue weighted by Gasteiger charge is -2.13. The Morgan fingerprint density at radius 1 is 1.07 bits per heavy atom. The molecule has 1 rings (SSSR count). The van der Waals surface area contributed by atoms with Crippen molar-refractivity contribution in [2.45, 2.75) is 19.0 Å². The van der Waals surface area contributed by atoms with Crippen molar-refractivity contribution in [2.75, 3.05) is 6.61 Å². The maximum atomic E-state index is 8.40. The quantitative estimate of drug-likeness (QED) is 0.467. The third-order valence-electron chi connectivity index (χ3n) is 1.75. The fourth-order valence-corrected chi connectivity index (χ4v) is 1.13. The Kier molecular flexibility index (Phi) is 4.03. The molecule has 0 saturated carbocycles. The Hall–Kier alpha value is -0.940. The average molecular weight is 198 g/mol. The van der Waals surface area contributed by atoms with E-state index in [2.05, 4.69) is 4.74 Å². The zero-order valence-corrected chi connectivity index (χ0v) is 7.76. The molecule has 0 bridgehead atoms. The van der Waals surface area contributed by atoms with Gasteiger partial charge in [0.2, 0.25) is 0 Å². The largest absolute Gasteiger partial charge is 0.404 e. The lowest BCUT2D eigenvalue weighted by Crippen LogP contribution is -2.31. The normalized spacial score (nSPS) is 11.6. The van der Waals surface area contributed by atoms with Crippen LogP contribution in [0.2, 0.25) is 0 Å². The maximum absolute atomic E-state index is 8.40. The molecule has 0 radical (unpaired) electrons. The van der Waals surface area contributed by atoms with Crippen LogP contribution in [0, 0.1) is 0 Å². The summed E-state index contributed by atoms with van der Waals surface area (Å²) in [7, 11) is 0. The van der Waals surface area contributed by atoms with Gasteiger partial charge in [-0.3, -0.25) is 0 Å². The summed E-state index contributed by atoms with van der Waals surface area (Å²) >= 11 is 0. The highest BCUT2D eigenvalue weighted by atomic mass is 16.9. The van der Waals surface area contributed by atoms with Crippen LogP contribution in [0.25, 0.3) is 0 Å². The molecule has 0 aromatic heterocycles. The van der Waals surface area contributed by atoms with Crippen LogP contribution in [0.1, 0.15) is 12.0 Å². The maximum Gasteiger partial charge on any atom is 0.404 e. The van der Waals surface area contributed by atoms with Gasteiger partial charge in [0.1, 0.15) is 0 Å². The molecule has 0 aliphatic carbocycles. The smallest absolute Gasteiger partial charge is 0.319 e. The number of rotatable bonds is 5. The number of aliphatic hydroxyl groups is 3. The highest BCUT2D eigenvalue weighted by Gasteiger charge is 2.17. The molecular formula is C10H14O4. The van der Waals surface area contributed by atoms with E-state index in [1.54, 1.807) is 0 Å². The van der Waals surface area contributed by atoms with E-state index in [1.165, 1.54) is 0 Å². The minimum Gasteiger partial charge on any atom is -0.319 e. The van der Waals surface area contributed by atoms with E-state index in [4.69, 9.17) is 15.3 Å². The fourth-order valence-electron chi connectivity index (χ4n) is 1.13. The summed E-state index contributed by atoms with van der Waals surface area (Å²) in [6, 6.07) is 9.75. The minimum absolute atomic E-state index is 0.0956. The van der Waals surface area contributed by atoms with Crippen LogP contribution in [-0.2, 0) is 11.2 Å². The molecule has 0 unspecified atom stereocenters. The Bertz CT molecular complexity index is 253. The van der Waals surface area contributed by atoms with Crippen LogP contribution in [0.4, 0.5) is 0 Å². The van der Waals surface area contributed by atoms with Crippen LogP contribution in [0.5, 0.6) is 0 Å². The van der Waals surface area contributed by atoms with Gasteiger partial charge in [-0.1, -0.05) is 30.3 Å². The van der Waals surface area contributed by atoms with Crippen LogP contribution in [-0.4, -0.2) is 28.1 Å². The fraction of sp³-hybridized carbons (Fsp3) is 0.400. The summed E-state index contributed by atoms with van der Waals surface area (Å²) < 4.78 is 4.32. The minimum atomic E-state index is -3.00. The third kappa shape index (κ3) is 4.94. The van der Waals surface area contributed by atoms with Gasteiger partial charge in [-0.05, 0) is 18.4 Å². The molecule has 0 spiro atoms. The molecule has 0 aliphatic heterocycles. The first-order valence-corrected chi connectivity index (χ1v) is 4.43. The van der Waals surface area contributed by atoms with Crippen LogP contribution >= 0.6 is 0 Å². The number of hydrogen-bond acceptors (Lipinski definition) is 4. The van der Waals surface area contributed by atoms with Crippen molar-refractivity contribution in [3.63, 3.8) is 0 Å². The van der Waals surface area contributed by atoms with Gasteiger partial charge in [-0.15, -0.1) is 0 Å². The summed E-state index contributed by atoms with van der Waals surface area (Å²) in [6.07, 6.45) is -1.61. The van der Waals surface area contributed by atoms with Crippen LogP contribution in [0.15, 0.2) is 30.3 Å². The van der Waals surface area contributed by atoms with E-state index >= 15 is 0 Å². The second kappa shape index (κ2) is 5.07. The number of benzene rings is 1. The van der Waals surface area contributed by atoms with Crippen LogP contribution < -0.4 is 0 Å². The van der Waals surface area contributed by atoms with E-state index in [1.807, 2.05) is 30.3 Å². The molecular weight excluding hydrogens is 184 g/mol. The molecule has 0 amide bonds. The van der Waals surface area contributed by atoms with Crippen molar-refractivity contribution in [1.82, 2.24) is 0 Å². The van der Waals surface area contributed by atoms with Crippen LogP contribution in [0.3, 0.4) is 0 Å². The third-order valence-corrected chi connectivity index (χ3v) is 1.75. The highest BCUT2D eigenvalue weighted by Crippen LogP contribution is 2.04. The number of hydrogen-bond donors (Lipinski definition) is 3. The van der Waals surface area contributed by atoms with Gasteiger partial charge in [0, 0.05) is 0 Å². The van der Waals surface area contributed by atoms with Crippen molar-refractivity contribution >= 4 is 0 Å². The van der Waals surface area contributed by atoms with Gasteiger partial charge in [-0.25, -0.2) is 0 Å². The predicted octanol–water partition coefficient (Wildman–Crippen LogP) is 0.224. The second-order valence-electron chi connectivity index (χ2n) is 3.01. The second-order valence-corrected chi connectivity index (χ2v) is 3.01. The first-order chi connectivity index (χ1) is 6.58. The Morgan fingerprint density at radius 2 is 1.71 bits per heavy atom. The molecule has 0 saturated heterocycles. The van der Waals surface area contributed by atoms with Gasteiger partial charge in [-0.2, -0.15) is 0 Å². The van der Waals surface area contributed by atoms with E-state index in [0.717, 1.165) is 12.0 Å². The molecule has 1 aromatic carbocycles. The lowest BCUT2D eigenvalue weighted by molar-refractivity contribution is -0.454. The highest BCUT2D eigenvalue weighted by molar-refractivity contribution is 5.14. The first kappa shape index (κ1) is 11.1. The molecule has 0 atom stereocenters. The molecule has 3 N–H and O–H groups in total. The molecule has 14 heavy (non-hydrogen) atoms. The molecule has 4 nitrogen and oxygen atoms in total. The van der Waals surface area contributed by atoms with Crippen molar-refractivity contribution in [2.24, 2.45) is 0 Å². The first-order valence-electron chi connectivity index (χ1n) is 4.43. The standard InChI is InChI=1S/C10H14O4/c11-10(12,13)14-8-4-7-9-5-2-1-3-6-9/h1-3,5-6,11-13H,4,7-8H2. The monoisotopic (exact) mass is 198 g/mol. The molecule has 4 heteroatoms. The zero-order chi connectivity index (χ0) is 10.4. The van der Waals surface area contributed by atoms with Crippen molar-refractivity contribution in [3.8, 4) is 0 Å². The van der Waals surface area contributed by atoms with Gasteiger partial charge < -0.3 is 20.1 Å². The molecule has 0 heterocycles. The van der Waals surface area contributed by atoms with Crippen molar-refractivity contribution in [1.29, 1.82) is 0 Å². The van der Waals surface area contributed by atoms with E-state index in [9.17, 15) is 0 Å². The summed E-state index contributed by atoms with van der Waals surface area (Å²) in [4.78, 5) is 0. The summed E-state index contributed by atoms with van der Waals surface area (Å²) in [5.74, 6) is 0. The van der Waals surface area contributed by atoms with E-state index in [0.29, 0.717) is 6.42 Å². The molecule has 1 aromatic rings. The van der Waals surface area contributed by atoms with Crippen molar-refractivity contribution in [3.05, 3.63) is 35.9 Å². The van der Waals surface area contributed by atoms with E-state index < -0.39 is 6.16 Å². The summed E-state index contributed by atoms with van der Waals surface area (Å²) in [5, 5.41) is 25.2. The number of ether oxygens (including phenoxy) is 1. The van der Waals surface area contributed by atoms with E-state index in [-0.39, 0.29) is 6.61 Å². The number of aryl methyl sites for hydroxylation is 1. The molecule has 0 aliphatic rings. The predicted molar refractivity (Wildman–Crippen MR) is 50.1 cm³/mol. The van der Waals surface area contributed by atoms with Gasteiger partial charge >= 0.3 is 6.16 Å². The van der Waals surface area contributed by atoms with Crippen molar-refractivity contribution < 1.29 is 20.1 Å². The van der Waals surface area contributed by atoms with Gasteiger partial charge in [0.25, 0.3) is 0 Å². The Balaban J connectivity index is 2.17. The summed E-state index contributed by atoms with van der Waals surface area (Å²) in [6.45, 7) is 0.0956. The summed E-state index contributed by atoms with van der Waals surface area (Å²) in [5.41, 5.74) is 1.15. The topological polar surface area (TPSA) is 69.9 Å². The zero-order valence-electron chi connectivity index (χ0n) is 7.76. The SMILES string of the molecule is OC(O)(O)OCCCc1ccccc1. The molecule has 78 valence electrons. The van der Waals surface area contributed by atoms with Gasteiger partial charge in [0.05, 0.1) is 6.61 Å².